The van der Waals surface area contributed by atoms with E-state index in [0.29, 0.717) is 6.54 Å². The van der Waals surface area contributed by atoms with Crippen molar-refractivity contribution in [3.63, 3.8) is 0 Å². The number of carbonyl (C=O) groups excluding carboxylic acids is 1. The Balaban J connectivity index is 0.00000220. The molecule has 6 heteroatoms. The van der Waals surface area contributed by atoms with E-state index in [0.717, 1.165) is 44.7 Å². The Bertz CT molecular complexity index is 469. The van der Waals surface area contributed by atoms with Crippen LogP contribution in [0.3, 0.4) is 0 Å². The van der Waals surface area contributed by atoms with Crippen molar-refractivity contribution in [3.8, 4) is 0 Å². The van der Waals surface area contributed by atoms with Gasteiger partial charge in [0.05, 0.1) is 0 Å². The lowest BCUT2D eigenvalue weighted by Crippen LogP contribution is -2.35. The summed E-state index contributed by atoms with van der Waals surface area (Å²) in [7, 11) is 0. The van der Waals surface area contributed by atoms with Gasteiger partial charge >= 0.3 is 0 Å². The molecule has 4 nitrogen and oxygen atoms in total. The number of likely N-dealkylation sites (N-methyl/N-ethyl adjacent to an activating group) is 1. The van der Waals surface area contributed by atoms with Crippen molar-refractivity contribution in [2.45, 2.75) is 33.4 Å². The number of nitrogens with zero attached hydrogens (tertiary/aromatic N) is 1. The number of nitrogens with one attached hydrogen (secondary N) is 2. The third-order valence-electron chi connectivity index (χ3n) is 3.80. The van der Waals surface area contributed by atoms with E-state index in [9.17, 15) is 4.79 Å². The Labute approximate surface area is 145 Å². The maximum atomic E-state index is 12.1. The van der Waals surface area contributed by atoms with Crippen LogP contribution in [0.1, 0.15) is 41.8 Å². The Kier molecular flexibility index (Phi) is 10.4. The van der Waals surface area contributed by atoms with Crippen LogP contribution in [0.15, 0.2) is 18.2 Å². The summed E-state index contributed by atoms with van der Waals surface area (Å²) in [6.45, 7) is 9.89. The predicted octanol–water partition coefficient (Wildman–Crippen LogP) is 2.60. The molecule has 0 unspecified atom stereocenters. The number of hydrogen-bond acceptors (Lipinski definition) is 3. The SMILES string of the molecule is CCCN(CC)CCNC(=O)c1ccc2c(c1)CNC2.Cl.Cl. The molecule has 1 aromatic rings. The van der Waals surface area contributed by atoms with Gasteiger partial charge in [0.1, 0.15) is 0 Å². The van der Waals surface area contributed by atoms with Crippen LogP contribution in [-0.4, -0.2) is 37.0 Å². The highest BCUT2D eigenvalue weighted by Crippen LogP contribution is 2.16. The first kappa shape index (κ1) is 21.2. The van der Waals surface area contributed by atoms with Crippen molar-refractivity contribution in [3.05, 3.63) is 34.9 Å². The van der Waals surface area contributed by atoms with Gasteiger partial charge in [0.15, 0.2) is 0 Å². The van der Waals surface area contributed by atoms with Gasteiger partial charge in [0.25, 0.3) is 5.91 Å². The Hall–Kier alpha value is -0.810. The number of halogens is 2. The summed E-state index contributed by atoms with van der Waals surface area (Å²) < 4.78 is 0. The molecule has 0 fully saturated rings. The molecule has 0 aliphatic carbocycles. The van der Waals surface area contributed by atoms with Crippen molar-refractivity contribution in [2.24, 2.45) is 0 Å². The number of amides is 1. The summed E-state index contributed by atoms with van der Waals surface area (Å²) in [6, 6.07) is 5.98. The summed E-state index contributed by atoms with van der Waals surface area (Å²) in [5, 5.41) is 6.31. The second-order valence-corrected chi connectivity index (χ2v) is 5.28. The summed E-state index contributed by atoms with van der Waals surface area (Å²) >= 11 is 0. The van der Waals surface area contributed by atoms with Crippen molar-refractivity contribution < 1.29 is 4.79 Å². The highest BCUT2D eigenvalue weighted by molar-refractivity contribution is 5.94. The Morgan fingerprint density at radius 2 is 1.91 bits per heavy atom. The molecular weight excluding hydrogens is 321 g/mol. The molecule has 0 saturated heterocycles. The first-order chi connectivity index (χ1) is 9.74. The fourth-order valence-electron chi connectivity index (χ4n) is 2.61. The normalized spacial score (nSPS) is 12.3. The van der Waals surface area contributed by atoms with Crippen molar-refractivity contribution >= 4 is 30.7 Å². The predicted molar refractivity (Wildman–Crippen MR) is 96.2 cm³/mol. The van der Waals surface area contributed by atoms with Crippen LogP contribution < -0.4 is 10.6 Å². The molecule has 1 amide bonds. The van der Waals surface area contributed by atoms with Crippen LogP contribution in [0, 0.1) is 0 Å². The molecule has 126 valence electrons. The standard InChI is InChI=1S/C16H25N3O.2ClH/c1-3-8-19(4-2)9-7-18-16(20)13-5-6-14-11-17-12-15(14)10-13;;/h5-6,10,17H,3-4,7-9,11-12H2,1-2H3,(H,18,20);2*1H. The second kappa shape index (κ2) is 10.8. The second-order valence-electron chi connectivity index (χ2n) is 5.28. The van der Waals surface area contributed by atoms with Gasteiger partial charge in [-0.3, -0.25) is 4.79 Å². The molecule has 2 N–H and O–H groups in total. The fourth-order valence-corrected chi connectivity index (χ4v) is 2.61. The topological polar surface area (TPSA) is 44.4 Å². The maximum absolute atomic E-state index is 12.1. The van der Waals surface area contributed by atoms with Crippen LogP contribution in [0.25, 0.3) is 0 Å². The summed E-state index contributed by atoms with van der Waals surface area (Å²) in [4.78, 5) is 14.5. The molecule has 0 spiro atoms. The minimum Gasteiger partial charge on any atom is -0.351 e. The molecule has 1 heterocycles. The van der Waals surface area contributed by atoms with Gasteiger partial charge in [-0.15, -0.1) is 24.8 Å². The Morgan fingerprint density at radius 1 is 1.18 bits per heavy atom. The maximum Gasteiger partial charge on any atom is 0.251 e. The zero-order chi connectivity index (χ0) is 14.4. The van der Waals surface area contributed by atoms with Gasteiger partial charge in [-0.25, -0.2) is 0 Å². The van der Waals surface area contributed by atoms with Gasteiger partial charge in [-0.1, -0.05) is 19.9 Å². The van der Waals surface area contributed by atoms with E-state index in [1.807, 2.05) is 12.1 Å². The average molecular weight is 348 g/mol. The van der Waals surface area contributed by atoms with Crippen LogP contribution in [0.5, 0.6) is 0 Å². The van der Waals surface area contributed by atoms with E-state index < -0.39 is 0 Å². The molecule has 0 aromatic heterocycles. The number of carbonyl (C=O) groups is 1. The van der Waals surface area contributed by atoms with Gasteiger partial charge in [0.2, 0.25) is 0 Å². The van der Waals surface area contributed by atoms with E-state index in [4.69, 9.17) is 0 Å². The molecule has 0 saturated carbocycles. The van der Waals surface area contributed by atoms with Gasteiger partial charge in [-0.05, 0) is 42.8 Å². The lowest BCUT2D eigenvalue weighted by Gasteiger charge is -2.19. The van der Waals surface area contributed by atoms with Crippen LogP contribution in [-0.2, 0) is 13.1 Å². The van der Waals surface area contributed by atoms with E-state index in [-0.39, 0.29) is 30.7 Å². The quantitative estimate of drug-likeness (QED) is 0.796. The highest BCUT2D eigenvalue weighted by Gasteiger charge is 2.13. The minimum absolute atomic E-state index is 0. The average Bonchev–Trinajstić information content (AvgIpc) is 2.93. The molecule has 1 aromatic carbocycles. The van der Waals surface area contributed by atoms with Crippen molar-refractivity contribution in [1.29, 1.82) is 0 Å². The third-order valence-corrected chi connectivity index (χ3v) is 3.80. The van der Waals surface area contributed by atoms with Crippen LogP contribution in [0.2, 0.25) is 0 Å². The molecule has 1 aliphatic rings. The van der Waals surface area contributed by atoms with Gasteiger partial charge in [-0.2, -0.15) is 0 Å². The smallest absolute Gasteiger partial charge is 0.251 e. The summed E-state index contributed by atoms with van der Waals surface area (Å²) in [5.41, 5.74) is 3.33. The van der Waals surface area contributed by atoms with Crippen LogP contribution >= 0.6 is 24.8 Å². The monoisotopic (exact) mass is 347 g/mol. The third kappa shape index (κ3) is 5.76. The first-order valence-corrected chi connectivity index (χ1v) is 7.57. The number of benzene rings is 1. The number of fused-ring (bicyclic) bond motifs is 1. The molecule has 0 bridgehead atoms. The zero-order valence-electron chi connectivity index (χ0n) is 13.4. The molecule has 2 rings (SSSR count). The van der Waals surface area contributed by atoms with E-state index in [2.05, 4.69) is 35.4 Å². The number of rotatable bonds is 7. The van der Waals surface area contributed by atoms with E-state index >= 15 is 0 Å². The molecule has 0 atom stereocenters. The molecular formula is C16H27Cl2N3O. The lowest BCUT2D eigenvalue weighted by atomic mass is 10.1. The zero-order valence-corrected chi connectivity index (χ0v) is 15.0. The lowest BCUT2D eigenvalue weighted by molar-refractivity contribution is 0.0948. The van der Waals surface area contributed by atoms with E-state index in [1.54, 1.807) is 0 Å². The van der Waals surface area contributed by atoms with E-state index in [1.165, 1.54) is 11.1 Å². The van der Waals surface area contributed by atoms with Gasteiger partial charge < -0.3 is 15.5 Å². The van der Waals surface area contributed by atoms with Gasteiger partial charge in [0, 0.05) is 31.7 Å². The highest BCUT2D eigenvalue weighted by atomic mass is 35.5. The molecule has 22 heavy (non-hydrogen) atoms. The Morgan fingerprint density at radius 3 is 2.59 bits per heavy atom. The summed E-state index contributed by atoms with van der Waals surface area (Å²) in [5.74, 6) is 0.0345. The first-order valence-electron chi connectivity index (χ1n) is 7.57. The molecule has 1 aliphatic heterocycles. The number of hydrogen-bond donors (Lipinski definition) is 2. The van der Waals surface area contributed by atoms with Crippen LogP contribution in [0.4, 0.5) is 0 Å². The largest absolute Gasteiger partial charge is 0.351 e. The van der Waals surface area contributed by atoms with Crippen molar-refractivity contribution in [2.75, 3.05) is 26.2 Å². The fraction of sp³-hybridized carbons (Fsp3) is 0.562. The summed E-state index contributed by atoms with van der Waals surface area (Å²) in [6.07, 6.45) is 1.15. The van der Waals surface area contributed by atoms with Crippen molar-refractivity contribution in [1.82, 2.24) is 15.5 Å². The minimum atomic E-state index is 0. The molecule has 0 radical (unpaired) electrons.